The summed E-state index contributed by atoms with van der Waals surface area (Å²) in [6.45, 7) is 7.06. The maximum Gasteiger partial charge on any atom is 0.0667 e. The van der Waals surface area contributed by atoms with Crippen molar-refractivity contribution in [3.63, 3.8) is 0 Å². The highest BCUT2D eigenvalue weighted by Gasteiger charge is 2.10. The van der Waals surface area contributed by atoms with Crippen molar-refractivity contribution >= 4 is 10.8 Å². The fourth-order valence-corrected chi connectivity index (χ4v) is 2.54. The third-order valence-corrected chi connectivity index (χ3v) is 3.68. The summed E-state index contributed by atoms with van der Waals surface area (Å²) in [5, 5.41) is 15.9. The minimum atomic E-state index is -0.266. The summed E-state index contributed by atoms with van der Waals surface area (Å²) in [5.74, 6) is 0.530. The summed E-state index contributed by atoms with van der Waals surface area (Å²) in [6, 6.07) is 15.2. The first-order chi connectivity index (χ1) is 9.56. The number of rotatable bonds is 6. The first-order valence-electron chi connectivity index (χ1n) is 7.46. The van der Waals surface area contributed by atoms with Gasteiger partial charge in [-0.1, -0.05) is 50.2 Å². The van der Waals surface area contributed by atoms with Crippen molar-refractivity contribution in [1.29, 1.82) is 0 Å². The lowest BCUT2D eigenvalue weighted by Gasteiger charge is -2.19. The highest BCUT2D eigenvalue weighted by Crippen LogP contribution is 2.20. The van der Waals surface area contributed by atoms with E-state index < -0.39 is 0 Å². The summed E-state index contributed by atoms with van der Waals surface area (Å²) in [6.07, 6.45) is 0.579. The summed E-state index contributed by atoms with van der Waals surface area (Å²) in [5.41, 5.74) is 1.26. The van der Waals surface area contributed by atoms with Crippen LogP contribution in [0.3, 0.4) is 0 Å². The van der Waals surface area contributed by atoms with E-state index in [1.165, 1.54) is 16.3 Å². The molecule has 0 heterocycles. The van der Waals surface area contributed by atoms with Crippen LogP contribution < -0.4 is 5.32 Å². The number of fused-ring (bicyclic) bond motifs is 1. The van der Waals surface area contributed by atoms with Crippen LogP contribution >= 0.6 is 0 Å². The molecule has 2 atom stereocenters. The summed E-state index contributed by atoms with van der Waals surface area (Å²) in [7, 11) is 0. The van der Waals surface area contributed by atoms with Crippen molar-refractivity contribution in [2.45, 2.75) is 39.3 Å². The Morgan fingerprint density at radius 3 is 2.40 bits per heavy atom. The van der Waals surface area contributed by atoms with Gasteiger partial charge in [0.1, 0.15) is 0 Å². The van der Waals surface area contributed by atoms with E-state index in [-0.39, 0.29) is 12.1 Å². The Balaban J connectivity index is 1.98. The van der Waals surface area contributed by atoms with Crippen molar-refractivity contribution < 1.29 is 5.11 Å². The van der Waals surface area contributed by atoms with Crippen molar-refractivity contribution in [1.82, 2.24) is 5.32 Å². The zero-order valence-corrected chi connectivity index (χ0v) is 12.6. The minimum Gasteiger partial charge on any atom is -0.392 e. The molecule has 0 saturated heterocycles. The second kappa shape index (κ2) is 6.87. The third kappa shape index (κ3) is 4.06. The number of aliphatic hydroxyl groups is 1. The van der Waals surface area contributed by atoms with Crippen molar-refractivity contribution in [2.75, 3.05) is 6.54 Å². The topological polar surface area (TPSA) is 32.3 Å². The molecule has 2 heteroatoms. The first-order valence-corrected chi connectivity index (χ1v) is 7.46. The highest BCUT2D eigenvalue weighted by molar-refractivity contribution is 5.83. The van der Waals surface area contributed by atoms with Gasteiger partial charge in [-0.3, -0.25) is 0 Å². The maximum absolute atomic E-state index is 9.92. The van der Waals surface area contributed by atoms with E-state index in [2.05, 4.69) is 68.6 Å². The van der Waals surface area contributed by atoms with Crippen LogP contribution in [-0.2, 0) is 0 Å². The quantitative estimate of drug-likeness (QED) is 0.835. The molecule has 108 valence electrons. The van der Waals surface area contributed by atoms with Gasteiger partial charge in [0.15, 0.2) is 0 Å². The highest BCUT2D eigenvalue weighted by atomic mass is 16.3. The lowest BCUT2D eigenvalue weighted by atomic mass is 10.0. The van der Waals surface area contributed by atoms with E-state index in [1.807, 2.05) is 0 Å². The van der Waals surface area contributed by atoms with Gasteiger partial charge in [-0.2, -0.15) is 0 Å². The molecule has 0 amide bonds. The first kappa shape index (κ1) is 15.0. The fourth-order valence-electron chi connectivity index (χ4n) is 2.54. The van der Waals surface area contributed by atoms with Gasteiger partial charge in [-0.15, -0.1) is 0 Å². The average Bonchev–Trinajstić information content (AvgIpc) is 2.43. The Labute approximate surface area is 121 Å². The van der Waals surface area contributed by atoms with E-state index >= 15 is 0 Å². The van der Waals surface area contributed by atoms with E-state index in [9.17, 15) is 5.11 Å². The van der Waals surface area contributed by atoms with Gasteiger partial charge >= 0.3 is 0 Å². The molecule has 0 aliphatic heterocycles. The maximum atomic E-state index is 9.92. The number of benzene rings is 2. The number of aliphatic hydroxyl groups excluding tert-OH is 1. The second-order valence-corrected chi connectivity index (χ2v) is 6.02. The van der Waals surface area contributed by atoms with Crippen LogP contribution in [0, 0.1) is 5.92 Å². The molecule has 0 spiro atoms. The molecular weight excluding hydrogens is 246 g/mol. The van der Waals surface area contributed by atoms with Gasteiger partial charge in [-0.25, -0.2) is 0 Å². The molecule has 0 bridgehead atoms. The predicted octanol–water partition coefficient (Wildman–Crippen LogP) is 3.90. The molecule has 2 aromatic rings. The Kier molecular flexibility index (Phi) is 5.16. The van der Waals surface area contributed by atoms with Crippen molar-refractivity contribution in [3.8, 4) is 0 Å². The van der Waals surface area contributed by atoms with Crippen molar-refractivity contribution in [3.05, 3.63) is 48.0 Å². The molecule has 2 rings (SSSR count). The largest absolute Gasteiger partial charge is 0.392 e. The monoisotopic (exact) mass is 271 g/mol. The zero-order valence-electron chi connectivity index (χ0n) is 12.6. The average molecular weight is 271 g/mol. The van der Waals surface area contributed by atoms with Gasteiger partial charge in [-0.05, 0) is 41.7 Å². The zero-order chi connectivity index (χ0) is 14.5. The SMILES string of the molecule is CC(C)CC(O)CNC(C)c1ccc2ccccc2c1. The second-order valence-electron chi connectivity index (χ2n) is 6.02. The molecular formula is C18H25NO. The molecule has 2 nitrogen and oxygen atoms in total. The molecule has 0 radical (unpaired) electrons. The normalized spacial score (nSPS) is 14.7. The third-order valence-electron chi connectivity index (χ3n) is 3.68. The number of hydrogen-bond donors (Lipinski definition) is 2. The van der Waals surface area contributed by atoms with Gasteiger partial charge < -0.3 is 10.4 Å². The standard InChI is InChI=1S/C18H25NO/c1-13(2)10-18(20)12-19-14(3)16-9-8-15-6-4-5-7-17(15)11-16/h4-9,11,13-14,18-20H,10,12H2,1-3H3. The van der Waals surface area contributed by atoms with Gasteiger partial charge in [0.2, 0.25) is 0 Å². The van der Waals surface area contributed by atoms with E-state index in [1.54, 1.807) is 0 Å². The van der Waals surface area contributed by atoms with Gasteiger partial charge in [0.05, 0.1) is 6.10 Å². The molecule has 0 aliphatic carbocycles. The van der Waals surface area contributed by atoms with Gasteiger partial charge in [0.25, 0.3) is 0 Å². The smallest absolute Gasteiger partial charge is 0.0667 e. The van der Waals surface area contributed by atoms with E-state index in [0.29, 0.717) is 12.5 Å². The van der Waals surface area contributed by atoms with Crippen LogP contribution in [0.15, 0.2) is 42.5 Å². The summed E-state index contributed by atoms with van der Waals surface area (Å²) in [4.78, 5) is 0. The number of hydrogen-bond acceptors (Lipinski definition) is 2. The molecule has 0 aromatic heterocycles. The fraction of sp³-hybridized carbons (Fsp3) is 0.444. The Morgan fingerprint density at radius 2 is 1.70 bits per heavy atom. The van der Waals surface area contributed by atoms with Crippen LogP contribution in [0.2, 0.25) is 0 Å². The Bertz CT molecular complexity index is 550. The van der Waals surface area contributed by atoms with Crippen LogP contribution in [0.25, 0.3) is 10.8 Å². The summed E-state index contributed by atoms with van der Waals surface area (Å²) < 4.78 is 0. The van der Waals surface area contributed by atoms with Gasteiger partial charge in [0, 0.05) is 12.6 Å². The van der Waals surface area contributed by atoms with E-state index in [4.69, 9.17) is 0 Å². The molecule has 0 saturated carbocycles. The number of nitrogens with one attached hydrogen (secondary N) is 1. The summed E-state index contributed by atoms with van der Waals surface area (Å²) >= 11 is 0. The molecule has 2 aromatic carbocycles. The molecule has 2 unspecified atom stereocenters. The Morgan fingerprint density at radius 1 is 1.00 bits per heavy atom. The van der Waals surface area contributed by atoms with Crippen LogP contribution in [-0.4, -0.2) is 17.8 Å². The van der Waals surface area contributed by atoms with Crippen LogP contribution in [0.4, 0.5) is 0 Å². The lowest BCUT2D eigenvalue weighted by Crippen LogP contribution is -2.29. The minimum absolute atomic E-state index is 0.251. The molecule has 0 fully saturated rings. The lowest BCUT2D eigenvalue weighted by molar-refractivity contribution is 0.143. The molecule has 0 aliphatic rings. The molecule has 2 N–H and O–H groups in total. The predicted molar refractivity (Wildman–Crippen MR) is 85.8 cm³/mol. The van der Waals surface area contributed by atoms with Crippen LogP contribution in [0.1, 0.15) is 38.8 Å². The molecule has 20 heavy (non-hydrogen) atoms. The van der Waals surface area contributed by atoms with Crippen LogP contribution in [0.5, 0.6) is 0 Å². The Hall–Kier alpha value is -1.38. The van der Waals surface area contributed by atoms with E-state index in [0.717, 1.165) is 6.42 Å². The van der Waals surface area contributed by atoms with Crippen molar-refractivity contribution in [2.24, 2.45) is 5.92 Å².